The number of carbonyl (C=O) groups excluding carboxylic acids is 1. The molecule has 2 unspecified atom stereocenters. The molecule has 0 N–H and O–H groups in total. The standard InChI is InChI=1S/C14H16N2O3S2/c1-3-11-12(4-2)21-14(20)15(11)13(17)9-5-7-10(8-6-9)16(18)19/h5-8,11-12H,3-4H2,1-2H3. The van der Waals surface area contributed by atoms with Gasteiger partial charge in [0.25, 0.3) is 11.6 Å². The van der Waals surface area contributed by atoms with Crippen LogP contribution in [0.5, 0.6) is 0 Å². The summed E-state index contributed by atoms with van der Waals surface area (Å²) in [7, 11) is 0. The number of nitrogens with zero attached hydrogens (tertiary/aromatic N) is 2. The molecule has 0 aliphatic carbocycles. The molecule has 21 heavy (non-hydrogen) atoms. The number of nitro groups is 1. The summed E-state index contributed by atoms with van der Waals surface area (Å²) < 4.78 is 0.594. The van der Waals surface area contributed by atoms with Crippen molar-refractivity contribution in [2.45, 2.75) is 38.0 Å². The molecule has 0 aromatic heterocycles. The van der Waals surface area contributed by atoms with E-state index >= 15 is 0 Å². The van der Waals surface area contributed by atoms with E-state index in [4.69, 9.17) is 12.2 Å². The smallest absolute Gasteiger partial charge is 0.269 e. The molecule has 0 spiro atoms. The quantitative estimate of drug-likeness (QED) is 0.481. The second-order valence-corrected chi connectivity index (χ2v) is 6.66. The highest BCUT2D eigenvalue weighted by Gasteiger charge is 2.39. The lowest BCUT2D eigenvalue weighted by Crippen LogP contribution is -2.40. The largest absolute Gasteiger partial charge is 0.289 e. The maximum absolute atomic E-state index is 12.6. The Morgan fingerprint density at radius 3 is 2.43 bits per heavy atom. The van der Waals surface area contributed by atoms with Crippen LogP contribution in [-0.4, -0.2) is 31.3 Å². The summed E-state index contributed by atoms with van der Waals surface area (Å²) in [6.45, 7) is 4.13. The highest BCUT2D eigenvalue weighted by molar-refractivity contribution is 8.23. The highest BCUT2D eigenvalue weighted by atomic mass is 32.2. The lowest BCUT2D eigenvalue weighted by atomic mass is 10.1. The molecule has 2 rings (SSSR count). The zero-order chi connectivity index (χ0) is 15.6. The number of thioether (sulfide) groups is 1. The van der Waals surface area contributed by atoms with Crippen molar-refractivity contribution in [1.82, 2.24) is 4.90 Å². The fourth-order valence-corrected chi connectivity index (χ4v) is 4.28. The Kier molecular flexibility index (Phi) is 4.95. The number of carbonyl (C=O) groups is 1. The first kappa shape index (κ1) is 15.9. The van der Waals surface area contributed by atoms with E-state index in [0.29, 0.717) is 15.1 Å². The van der Waals surface area contributed by atoms with Gasteiger partial charge in [0.2, 0.25) is 0 Å². The predicted molar refractivity (Wildman–Crippen MR) is 87.6 cm³/mol. The molecule has 0 saturated carbocycles. The second kappa shape index (κ2) is 6.53. The van der Waals surface area contributed by atoms with Gasteiger partial charge in [-0.15, -0.1) is 0 Å². The summed E-state index contributed by atoms with van der Waals surface area (Å²) in [6, 6.07) is 5.75. The number of hydrogen-bond acceptors (Lipinski definition) is 5. The summed E-state index contributed by atoms with van der Waals surface area (Å²) in [4.78, 5) is 24.5. The fourth-order valence-electron chi connectivity index (χ4n) is 2.47. The number of hydrogen-bond donors (Lipinski definition) is 0. The Morgan fingerprint density at radius 1 is 1.33 bits per heavy atom. The van der Waals surface area contributed by atoms with Gasteiger partial charge in [0.15, 0.2) is 0 Å². The van der Waals surface area contributed by atoms with E-state index in [1.54, 1.807) is 16.7 Å². The van der Waals surface area contributed by atoms with Crippen LogP contribution in [0.1, 0.15) is 37.0 Å². The van der Waals surface area contributed by atoms with Crippen LogP contribution < -0.4 is 0 Å². The Balaban J connectivity index is 2.26. The summed E-state index contributed by atoms with van der Waals surface area (Å²) in [5, 5.41) is 11.0. The van der Waals surface area contributed by atoms with Crippen molar-refractivity contribution in [3.8, 4) is 0 Å². The number of nitro benzene ring substituents is 1. The molecule has 2 atom stereocenters. The molecule has 7 heteroatoms. The molecule has 5 nitrogen and oxygen atoms in total. The minimum absolute atomic E-state index is 0.0246. The highest BCUT2D eigenvalue weighted by Crippen LogP contribution is 2.36. The van der Waals surface area contributed by atoms with Gasteiger partial charge in [-0.25, -0.2) is 0 Å². The normalized spacial score (nSPS) is 21.6. The van der Waals surface area contributed by atoms with Gasteiger partial charge in [0.05, 0.1) is 11.0 Å². The Hall–Kier alpha value is -1.47. The molecule has 1 aromatic rings. The Morgan fingerprint density at radius 2 is 1.95 bits per heavy atom. The van der Waals surface area contributed by atoms with E-state index in [2.05, 4.69) is 6.92 Å². The molecule has 1 amide bonds. The van der Waals surface area contributed by atoms with Crippen LogP contribution in [-0.2, 0) is 0 Å². The van der Waals surface area contributed by atoms with Gasteiger partial charge in [-0.2, -0.15) is 0 Å². The van der Waals surface area contributed by atoms with Crippen molar-refractivity contribution >= 4 is 39.9 Å². The first-order valence-electron chi connectivity index (χ1n) is 6.78. The van der Waals surface area contributed by atoms with Gasteiger partial charge in [0, 0.05) is 22.9 Å². The van der Waals surface area contributed by atoms with Crippen molar-refractivity contribution in [3.05, 3.63) is 39.9 Å². The maximum Gasteiger partial charge on any atom is 0.269 e. The minimum Gasteiger partial charge on any atom is -0.289 e. The molecule has 1 aliphatic heterocycles. The zero-order valence-electron chi connectivity index (χ0n) is 11.8. The van der Waals surface area contributed by atoms with Gasteiger partial charge in [-0.1, -0.05) is 37.8 Å². The molecule has 1 aliphatic rings. The summed E-state index contributed by atoms with van der Waals surface area (Å²) in [5.74, 6) is -0.176. The van der Waals surface area contributed by atoms with Crippen LogP contribution in [0.2, 0.25) is 0 Å². The molecular weight excluding hydrogens is 308 g/mol. The van der Waals surface area contributed by atoms with Gasteiger partial charge in [0.1, 0.15) is 4.32 Å². The van der Waals surface area contributed by atoms with Crippen LogP contribution in [0.15, 0.2) is 24.3 Å². The van der Waals surface area contributed by atoms with E-state index in [1.807, 2.05) is 6.92 Å². The third-order valence-electron chi connectivity index (χ3n) is 3.57. The maximum atomic E-state index is 12.6. The average molecular weight is 324 g/mol. The van der Waals surface area contributed by atoms with E-state index in [1.165, 1.54) is 24.3 Å². The monoisotopic (exact) mass is 324 g/mol. The molecule has 1 saturated heterocycles. The average Bonchev–Trinajstić information content (AvgIpc) is 2.82. The number of benzene rings is 1. The number of thiocarbonyl (C=S) groups is 1. The van der Waals surface area contributed by atoms with Crippen LogP contribution in [0, 0.1) is 10.1 Å². The first-order valence-corrected chi connectivity index (χ1v) is 8.07. The van der Waals surface area contributed by atoms with Crippen molar-refractivity contribution in [1.29, 1.82) is 0 Å². The summed E-state index contributed by atoms with van der Waals surface area (Å²) in [5.41, 5.74) is 0.405. The number of rotatable bonds is 4. The van der Waals surface area contributed by atoms with E-state index in [-0.39, 0.29) is 17.6 Å². The van der Waals surface area contributed by atoms with Crippen LogP contribution in [0.3, 0.4) is 0 Å². The lowest BCUT2D eigenvalue weighted by molar-refractivity contribution is -0.384. The molecule has 1 heterocycles. The van der Waals surface area contributed by atoms with Crippen molar-refractivity contribution < 1.29 is 9.72 Å². The Bertz CT molecular complexity index is 574. The zero-order valence-corrected chi connectivity index (χ0v) is 13.4. The second-order valence-electron chi connectivity index (χ2n) is 4.79. The molecule has 1 fully saturated rings. The molecular formula is C14H16N2O3S2. The topological polar surface area (TPSA) is 63.5 Å². The summed E-state index contributed by atoms with van der Waals surface area (Å²) >= 11 is 6.90. The predicted octanol–water partition coefficient (Wildman–Crippen LogP) is 3.63. The van der Waals surface area contributed by atoms with Gasteiger partial charge < -0.3 is 0 Å². The minimum atomic E-state index is -0.480. The van der Waals surface area contributed by atoms with E-state index in [9.17, 15) is 14.9 Å². The van der Waals surface area contributed by atoms with Gasteiger partial charge in [-0.05, 0) is 25.0 Å². The van der Waals surface area contributed by atoms with Crippen LogP contribution in [0.4, 0.5) is 5.69 Å². The fraction of sp³-hybridized carbons (Fsp3) is 0.429. The number of non-ortho nitro benzene ring substituents is 1. The van der Waals surface area contributed by atoms with Crippen LogP contribution >= 0.6 is 24.0 Å². The van der Waals surface area contributed by atoms with Crippen molar-refractivity contribution in [2.24, 2.45) is 0 Å². The number of amides is 1. The SMILES string of the molecule is CCC1SC(=S)N(C(=O)c2ccc([N+](=O)[O-])cc2)C1CC. The van der Waals surface area contributed by atoms with Gasteiger partial charge >= 0.3 is 0 Å². The summed E-state index contributed by atoms with van der Waals surface area (Å²) in [6.07, 6.45) is 1.79. The van der Waals surface area contributed by atoms with E-state index < -0.39 is 4.92 Å². The molecule has 1 aromatic carbocycles. The first-order chi connectivity index (χ1) is 9.99. The Labute approximate surface area is 132 Å². The lowest BCUT2D eigenvalue weighted by Gasteiger charge is -2.25. The van der Waals surface area contributed by atoms with E-state index in [0.717, 1.165) is 12.8 Å². The van der Waals surface area contributed by atoms with Crippen molar-refractivity contribution in [3.63, 3.8) is 0 Å². The molecule has 0 radical (unpaired) electrons. The molecule has 112 valence electrons. The third kappa shape index (κ3) is 3.08. The van der Waals surface area contributed by atoms with Crippen molar-refractivity contribution in [2.75, 3.05) is 0 Å². The van der Waals surface area contributed by atoms with Gasteiger partial charge in [-0.3, -0.25) is 19.8 Å². The third-order valence-corrected chi connectivity index (χ3v) is 5.41. The van der Waals surface area contributed by atoms with Crippen LogP contribution in [0.25, 0.3) is 0 Å². The molecule has 0 bridgehead atoms.